The molecule has 0 saturated heterocycles. The molecule has 10 heteroatoms. The minimum Gasteiger partial charge on any atom is -0.456 e. The number of hydrogen-bond acceptors (Lipinski definition) is 6. The maximum atomic E-state index is 13.6. The second-order valence-electron chi connectivity index (χ2n) is 25.8. The van der Waals surface area contributed by atoms with Gasteiger partial charge in [0.1, 0.15) is 19.3 Å². The molecule has 0 aromatic heterocycles. The first-order chi connectivity index (χ1) is 40.9. The first kappa shape index (κ1) is 81.7. The summed E-state index contributed by atoms with van der Waals surface area (Å²) in [5.74, 6) is -0.512. The normalized spacial score (nSPS) is 13.8. The van der Waals surface area contributed by atoms with Crippen molar-refractivity contribution in [1.29, 1.82) is 0 Å². The molecule has 0 saturated carbocycles. The Morgan fingerprint density at radius 3 is 1.11 bits per heavy atom. The fraction of sp³-hybridized carbons (Fsp3) is 0.838. The predicted molar refractivity (Wildman–Crippen MR) is 365 cm³/mol. The van der Waals surface area contributed by atoms with Gasteiger partial charge in [0.25, 0.3) is 0 Å². The summed E-state index contributed by atoms with van der Waals surface area (Å²) >= 11 is 0. The summed E-state index contributed by atoms with van der Waals surface area (Å²) in [6.07, 6.45) is 82.4. The van der Waals surface area contributed by atoms with Crippen molar-refractivity contribution in [3.8, 4) is 0 Å². The summed E-state index contributed by atoms with van der Waals surface area (Å²) in [6.45, 7) is 7.02. The molecule has 0 heterocycles. The molecular formula is C74H140N2O7P+. The van der Waals surface area contributed by atoms with Gasteiger partial charge in [-0.25, -0.2) is 4.57 Å². The van der Waals surface area contributed by atoms with Gasteiger partial charge in [-0.3, -0.25) is 18.6 Å². The van der Waals surface area contributed by atoms with Crippen molar-refractivity contribution in [3.05, 3.63) is 60.8 Å². The van der Waals surface area contributed by atoms with Gasteiger partial charge in [-0.1, -0.05) is 319 Å². The molecule has 9 nitrogen and oxygen atoms in total. The number of allylic oxidation sites excluding steroid dienone is 9. The van der Waals surface area contributed by atoms with E-state index in [1.165, 1.54) is 218 Å². The lowest BCUT2D eigenvalue weighted by atomic mass is 10.0. The Hall–Kier alpha value is -2.29. The zero-order valence-corrected chi connectivity index (χ0v) is 57.3. The molecule has 84 heavy (non-hydrogen) atoms. The molecular weight excluding hydrogens is 1060 g/mol. The van der Waals surface area contributed by atoms with E-state index in [2.05, 4.69) is 74.7 Å². The number of phosphoric acid groups is 1. The van der Waals surface area contributed by atoms with Gasteiger partial charge in [-0.15, -0.1) is 0 Å². The summed E-state index contributed by atoms with van der Waals surface area (Å²) in [6, 6.07) is -0.859. The quantitative estimate of drug-likeness (QED) is 0.0205. The van der Waals surface area contributed by atoms with Crippen LogP contribution in [0.15, 0.2) is 60.8 Å². The zero-order valence-electron chi connectivity index (χ0n) is 56.4. The lowest BCUT2D eigenvalue weighted by molar-refractivity contribution is -0.870. The van der Waals surface area contributed by atoms with Crippen LogP contribution < -0.4 is 5.32 Å². The summed E-state index contributed by atoms with van der Waals surface area (Å²) in [7, 11) is 1.49. The molecule has 0 radical (unpaired) electrons. The number of quaternary nitrogens is 1. The SMILES string of the molecule is CCCCC/C=C\C/C=C\C/C=C\C/C=C\CCCCCCCC(=O)NC(COP(=O)(O)OCC[N+](C)(C)C)C(/C=C/CCCCCCCCCCCC)OC(=O)CCCCCCCCCCCCCCCCCCCCCCCCCCC. The Morgan fingerprint density at radius 2 is 0.726 bits per heavy atom. The zero-order chi connectivity index (χ0) is 61.4. The topological polar surface area (TPSA) is 111 Å². The van der Waals surface area contributed by atoms with E-state index in [4.69, 9.17) is 13.8 Å². The highest BCUT2D eigenvalue weighted by Crippen LogP contribution is 2.43. The number of unbranched alkanes of at least 4 members (excludes halogenated alkanes) is 42. The number of nitrogens with one attached hydrogen (secondary N) is 1. The molecule has 2 N–H and O–H groups in total. The van der Waals surface area contributed by atoms with Crippen LogP contribution in [0.25, 0.3) is 0 Å². The third-order valence-corrected chi connectivity index (χ3v) is 17.2. The number of esters is 1. The monoisotopic (exact) mass is 1200 g/mol. The molecule has 0 aromatic carbocycles. The number of amides is 1. The average Bonchev–Trinajstić information content (AvgIpc) is 3.64. The van der Waals surface area contributed by atoms with Crippen molar-refractivity contribution in [2.75, 3.05) is 40.9 Å². The van der Waals surface area contributed by atoms with Crippen molar-refractivity contribution in [3.63, 3.8) is 0 Å². The lowest BCUT2D eigenvalue weighted by Gasteiger charge is -2.27. The Morgan fingerprint density at radius 1 is 0.417 bits per heavy atom. The number of carbonyl (C=O) groups excluding carboxylic acids is 2. The molecule has 0 spiro atoms. The number of rotatable bonds is 66. The highest BCUT2D eigenvalue weighted by atomic mass is 31.2. The van der Waals surface area contributed by atoms with E-state index < -0.39 is 20.0 Å². The van der Waals surface area contributed by atoms with Crippen LogP contribution in [0.5, 0.6) is 0 Å². The number of nitrogens with zero attached hydrogens (tertiary/aromatic N) is 1. The molecule has 3 unspecified atom stereocenters. The Balaban J connectivity index is 5.06. The van der Waals surface area contributed by atoms with Gasteiger partial charge in [0, 0.05) is 12.8 Å². The number of carbonyl (C=O) groups is 2. The van der Waals surface area contributed by atoms with E-state index in [-0.39, 0.29) is 25.1 Å². The van der Waals surface area contributed by atoms with Gasteiger partial charge in [0.2, 0.25) is 5.91 Å². The lowest BCUT2D eigenvalue weighted by Crippen LogP contribution is -2.47. The summed E-state index contributed by atoms with van der Waals surface area (Å²) in [4.78, 5) is 37.9. The smallest absolute Gasteiger partial charge is 0.456 e. The van der Waals surface area contributed by atoms with E-state index >= 15 is 0 Å². The molecule has 0 fully saturated rings. The van der Waals surface area contributed by atoms with Gasteiger partial charge < -0.3 is 19.4 Å². The molecule has 0 bridgehead atoms. The molecule has 0 aliphatic carbocycles. The number of hydrogen-bond donors (Lipinski definition) is 2. The van der Waals surface area contributed by atoms with Crippen LogP contribution in [0, 0.1) is 0 Å². The van der Waals surface area contributed by atoms with Crippen molar-refractivity contribution >= 4 is 19.7 Å². The van der Waals surface area contributed by atoms with Crippen molar-refractivity contribution in [1.82, 2.24) is 5.32 Å². The van der Waals surface area contributed by atoms with Crippen LogP contribution >= 0.6 is 7.82 Å². The fourth-order valence-corrected chi connectivity index (χ4v) is 11.4. The van der Waals surface area contributed by atoms with Crippen LogP contribution in [0.3, 0.4) is 0 Å². The van der Waals surface area contributed by atoms with Gasteiger partial charge in [-0.2, -0.15) is 0 Å². The van der Waals surface area contributed by atoms with Crippen LogP contribution in [0.4, 0.5) is 0 Å². The van der Waals surface area contributed by atoms with Gasteiger partial charge >= 0.3 is 13.8 Å². The Kier molecular flexibility index (Phi) is 62.0. The number of phosphoric ester groups is 1. The van der Waals surface area contributed by atoms with Crippen LogP contribution in [-0.2, 0) is 27.9 Å². The third-order valence-electron chi connectivity index (χ3n) is 16.2. The second kappa shape index (κ2) is 63.7. The predicted octanol–water partition coefficient (Wildman–Crippen LogP) is 23.0. The van der Waals surface area contributed by atoms with Gasteiger partial charge in [0.05, 0.1) is 33.8 Å². The van der Waals surface area contributed by atoms with Gasteiger partial charge in [0.15, 0.2) is 0 Å². The number of ether oxygens (including phenoxy) is 1. The molecule has 0 aromatic rings. The van der Waals surface area contributed by atoms with Crippen LogP contribution in [0.2, 0.25) is 0 Å². The van der Waals surface area contributed by atoms with E-state index in [0.29, 0.717) is 23.9 Å². The van der Waals surface area contributed by atoms with E-state index in [0.717, 1.165) is 96.3 Å². The van der Waals surface area contributed by atoms with E-state index in [1.807, 2.05) is 33.3 Å². The van der Waals surface area contributed by atoms with Gasteiger partial charge in [-0.05, 0) is 76.7 Å². The highest BCUT2D eigenvalue weighted by Gasteiger charge is 2.30. The highest BCUT2D eigenvalue weighted by molar-refractivity contribution is 7.47. The largest absolute Gasteiger partial charge is 0.472 e. The van der Waals surface area contributed by atoms with E-state index in [1.54, 1.807) is 0 Å². The first-order valence-electron chi connectivity index (χ1n) is 36.1. The Bertz CT molecular complexity index is 1620. The van der Waals surface area contributed by atoms with Crippen LogP contribution in [-0.4, -0.2) is 74.3 Å². The minimum atomic E-state index is -4.46. The summed E-state index contributed by atoms with van der Waals surface area (Å²) in [5.41, 5.74) is 0. The molecule has 0 aliphatic rings. The van der Waals surface area contributed by atoms with Crippen molar-refractivity contribution < 1.29 is 37.3 Å². The third kappa shape index (κ3) is 64.2. The maximum absolute atomic E-state index is 13.6. The average molecular weight is 1200 g/mol. The molecule has 0 rings (SSSR count). The Labute approximate surface area is 521 Å². The molecule has 3 atom stereocenters. The molecule has 492 valence electrons. The summed E-state index contributed by atoms with van der Waals surface area (Å²) in [5, 5.41) is 3.06. The number of likely N-dealkylation sites (N-methyl/N-ethyl adjacent to an activating group) is 1. The first-order valence-corrected chi connectivity index (χ1v) is 37.6. The standard InChI is InChI=1S/C74H139N2O7P/c1-7-10-13-16-19-22-25-28-30-32-34-36-37-38-39-41-43-45-47-49-52-55-58-61-64-67-74(78)83-72(65-62-59-56-53-50-27-24-21-18-15-12-9-3)71(70-82-84(79,80)81-69-68-76(4,5)6)75-73(77)66-63-60-57-54-51-48-46-44-42-40-35-33-31-29-26-23-20-17-14-11-8-2/h20,23,29,31,35,40,44,46,62,65,71-72H,7-19,21-22,24-28,30,32-34,36-39,41-43,45,47-61,63-64,66-70H2,1-6H3,(H-,75,77,79,80)/p+1/b23-20-,31-29-,40-35-,46-44-,65-62+. The van der Waals surface area contributed by atoms with Crippen molar-refractivity contribution in [2.45, 2.75) is 360 Å². The maximum Gasteiger partial charge on any atom is 0.472 e. The second-order valence-corrected chi connectivity index (χ2v) is 27.2. The minimum absolute atomic E-state index is 0.0364. The van der Waals surface area contributed by atoms with Crippen LogP contribution in [0.1, 0.15) is 348 Å². The van der Waals surface area contributed by atoms with Crippen molar-refractivity contribution in [2.24, 2.45) is 0 Å². The van der Waals surface area contributed by atoms with E-state index in [9.17, 15) is 19.0 Å². The fourth-order valence-electron chi connectivity index (χ4n) is 10.6. The summed E-state index contributed by atoms with van der Waals surface area (Å²) < 4.78 is 30.8. The molecule has 0 aliphatic heterocycles. The molecule has 1 amide bonds.